The van der Waals surface area contributed by atoms with Crippen molar-refractivity contribution in [3.63, 3.8) is 0 Å². The number of carbonyl (C=O) groups is 3. The first-order valence-electron chi connectivity index (χ1n) is 6.53. The van der Waals surface area contributed by atoms with Gasteiger partial charge in [-0.1, -0.05) is 13.8 Å². The number of rotatable bonds is 9. The molecule has 3 atom stereocenters. The minimum absolute atomic E-state index is 0.0383. The van der Waals surface area contributed by atoms with Crippen molar-refractivity contribution in [2.24, 2.45) is 11.7 Å². The number of aliphatic carboxylic acids is 1. The zero-order chi connectivity index (χ0) is 16.6. The molecule has 9 nitrogen and oxygen atoms in total. The molecule has 0 aliphatic rings. The quantitative estimate of drug-likeness (QED) is 0.272. The number of hydrogen-bond acceptors (Lipinski definition) is 6. The summed E-state index contributed by atoms with van der Waals surface area (Å²) in [6.45, 7) is 2.27. The van der Waals surface area contributed by atoms with Crippen LogP contribution in [0.3, 0.4) is 0 Å². The standard InChI is InChI=1S/C12H23N3O6/c1-6(2)3-8(12(20)21)14-11(19)9(5-17)15-10(18)7(13)4-16/h6-9,16-17H,3-5,13H2,1-2H3,(H,14,19)(H,15,18)(H,20,21)/t7-,8-,9-/m0/s1. The van der Waals surface area contributed by atoms with E-state index in [-0.39, 0.29) is 12.3 Å². The predicted molar refractivity (Wildman–Crippen MR) is 73.1 cm³/mol. The van der Waals surface area contributed by atoms with Crippen LogP contribution < -0.4 is 16.4 Å². The minimum atomic E-state index is -1.33. The van der Waals surface area contributed by atoms with Crippen LogP contribution in [-0.2, 0) is 14.4 Å². The van der Waals surface area contributed by atoms with Crippen LogP contribution in [0.1, 0.15) is 20.3 Å². The van der Waals surface area contributed by atoms with E-state index in [1.807, 2.05) is 0 Å². The van der Waals surface area contributed by atoms with Gasteiger partial charge in [0.05, 0.1) is 13.2 Å². The van der Waals surface area contributed by atoms with Gasteiger partial charge in [0.1, 0.15) is 18.1 Å². The van der Waals surface area contributed by atoms with Gasteiger partial charge in [0, 0.05) is 0 Å². The average Bonchev–Trinajstić information content (AvgIpc) is 2.41. The Morgan fingerprint density at radius 2 is 1.52 bits per heavy atom. The highest BCUT2D eigenvalue weighted by molar-refractivity contribution is 5.91. The average molecular weight is 305 g/mol. The summed E-state index contributed by atoms with van der Waals surface area (Å²) in [5.74, 6) is -2.81. The fourth-order valence-corrected chi connectivity index (χ4v) is 1.52. The van der Waals surface area contributed by atoms with Crippen molar-refractivity contribution in [1.82, 2.24) is 10.6 Å². The molecular weight excluding hydrogens is 282 g/mol. The molecule has 0 saturated carbocycles. The maximum absolute atomic E-state index is 11.9. The summed E-state index contributed by atoms with van der Waals surface area (Å²) >= 11 is 0. The van der Waals surface area contributed by atoms with Crippen molar-refractivity contribution in [2.45, 2.75) is 38.4 Å². The third kappa shape index (κ3) is 7.02. The number of carboxylic acid groups (broad SMARTS) is 1. The lowest BCUT2D eigenvalue weighted by Gasteiger charge is -2.21. The Morgan fingerprint density at radius 3 is 1.90 bits per heavy atom. The van der Waals surface area contributed by atoms with Crippen molar-refractivity contribution >= 4 is 17.8 Å². The van der Waals surface area contributed by atoms with Crippen molar-refractivity contribution < 1.29 is 29.7 Å². The lowest BCUT2D eigenvalue weighted by Crippen LogP contribution is -2.56. The van der Waals surface area contributed by atoms with E-state index in [1.165, 1.54) is 0 Å². The molecule has 0 radical (unpaired) electrons. The Morgan fingerprint density at radius 1 is 1.00 bits per heavy atom. The van der Waals surface area contributed by atoms with E-state index < -0.39 is 49.1 Å². The maximum atomic E-state index is 11.9. The number of aliphatic hydroxyl groups excluding tert-OH is 2. The molecule has 0 aliphatic heterocycles. The third-order valence-corrected chi connectivity index (χ3v) is 2.67. The van der Waals surface area contributed by atoms with Crippen molar-refractivity contribution in [3.05, 3.63) is 0 Å². The molecule has 0 unspecified atom stereocenters. The van der Waals surface area contributed by atoms with Gasteiger partial charge in [0.15, 0.2) is 0 Å². The topological polar surface area (TPSA) is 162 Å². The molecule has 2 amide bonds. The summed E-state index contributed by atoms with van der Waals surface area (Å²) < 4.78 is 0. The number of nitrogens with two attached hydrogens (primary N) is 1. The second-order valence-electron chi connectivity index (χ2n) is 5.06. The number of aliphatic hydroxyl groups is 2. The third-order valence-electron chi connectivity index (χ3n) is 2.67. The summed E-state index contributed by atoms with van der Waals surface area (Å²) in [6.07, 6.45) is 0.212. The van der Waals surface area contributed by atoms with E-state index in [9.17, 15) is 14.4 Å². The molecule has 0 heterocycles. The van der Waals surface area contributed by atoms with Crippen molar-refractivity contribution in [2.75, 3.05) is 13.2 Å². The van der Waals surface area contributed by atoms with E-state index in [4.69, 9.17) is 21.1 Å². The molecule has 21 heavy (non-hydrogen) atoms. The molecule has 122 valence electrons. The van der Waals surface area contributed by atoms with Crippen LogP contribution >= 0.6 is 0 Å². The zero-order valence-electron chi connectivity index (χ0n) is 12.1. The molecule has 0 aliphatic carbocycles. The van der Waals surface area contributed by atoms with Crippen LogP contribution in [0, 0.1) is 5.92 Å². The Balaban J connectivity index is 4.69. The van der Waals surface area contributed by atoms with Gasteiger partial charge < -0.3 is 31.7 Å². The van der Waals surface area contributed by atoms with Gasteiger partial charge in [0.2, 0.25) is 11.8 Å². The highest BCUT2D eigenvalue weighted by atomic mass is 16.4. The summed E-state index contributed by atoms with van der Waals surface area (Å²) in [7, 11) is 0. The SMILES string of the molecule is CC(C)C[C@H](NC(=O)[C@H](CO)NC(=O)[C@@H](N)CO)C(=O)O. The maximum Gasteiger partial charge on any atom is 0.326 e. The van der Waals surface area contributed by atoms with Gasteiger partial charge in [-0.15, -0.1) is 0 Å². The van der Waals surface area contributed by atoms with Crippen molar-refractivity contribution in [1.29, 1.82) is 0 Å². The summed E-state index contributed by atoms with van der Waals surface area (Å²) in [6, 6.07) is -3.67. The van der Waals surface area contributed by atoms with Crippen molar-refractivity contribution in [3.8, 4) is 0 Å². The lowest BCUT2D eigenvalue weighted by atomic mass is 10.0. The Hall–Kier alpha value is -1.71. The molecule has 0 saturated heterocycles. The molecule has 0 aromatic rings. The number of amides is 2. The highest BCUT2D eigenvalue weighted by Gasteiger charge is 2.27. The number of carboxylic acids is 1. The zero-order valence-corrected chi connectivity index (χ0v) is 12.1. The Bertz CT molecular complexity index is 374. The lowest BCUT2D eigenvalue weighted by molar-refractivity contribution is -0.143. The molecular formula is C12H23N3O6. The van der Waals surface area contributed by atoms with Crippen LogP contribution in [0.5, 0.6) is 0 Å². The molecule has 9 heteroatoms. The molecule has 0 spiro atoms. The summed E-state index contributed by atoms with van der Waals surface area (Å²) in [5.41, 5.74) is 5.27. The largest absolute Gasteiger partial charge is 0.480 e. The van der Waals surface area contributed by atoms with Crippen LogP contribution in [0.15, 0.2) is 0 Å². The van der Waals surface area contributed by atoms with E-state index in [1.54, 1.807) is 13.8 Å². The molecule has 0 bridgehead atoms. The van der Waals surface area contributed by atoms with E-state index in [0.717, 1.165) is 0 Å². The van der Waals surface area contributed by atoms with Gasteiger partial charge >= 0.3 is 5.97 Å². The van der Waals surface area contributed by atoms with Crippen LogP contribution in [0.2, 0.25) is 0 Å². The fraction of sp³-hybridized carbons (Fsp3) is 0.750. The second-order valence-corrected chi connectivity index (χ2v) is 5.06. The Kier molecular flexibility index (Phi) is 8.51. The van der Waals surface area contributed by atoms with Gasteiger partial charge in [0.25, 0.3) is 0 Å². The molecule has 7 N–H and O–H groups in total. The van der Waals surface area contributed by atoms with Crippen LogP contribution in [-0.4, -0.2) is 64.4 Å². The first-order valence-corrected chi connectivity index (χ1v) is 6.53. The molecule has 0 fully saturated rings. The van der Waals surface area contributed by atoms with E-state index in [2.05, 4.69) is 10.6 Å². The van der Waals surface area contributed by atoms with Gasteiger partial charge in [-0.25, -0.2) is 4.79 Å². The normalized spacial score (nSPS) is 15.1. The molecule has 0 aromatic heterocycles. The predicted octanol–water partition coefficient (Wildman–Crippen LogP) is -2.60. The minimum Gasteiger partial charge on any atom is -0.480 e. The summed E-state index contributed by atoms with van der Waals surface area (Å²) in [4.78, 5) is 34.3. The van der Waals surface area contributed by atoms with Crippen LogP contribution in [0.25, 0.3) is 0 Å². The number of carbonyl (C=O) groups excluding carboxylic acids is 2. The van der Waals surface area contributed by atoms with Gasteiger partial charge in [-0.3, -0.25) is 9.59 Å². The number of nitrogens with one attached hydrogen (secondary N) is 2. The first-order chi connectivity index (χ1) is 9.72. The van der Waals surface area contributed by atoms with E-state index >= 15 is 0 Å². The molecule has 0 aromatic carbocycles. The monoisotopic (exact) mass is 305 g/mol. The van der Waals surface area contributed by atoms with E-state index in [0.29, 0.717) is 0 Å². The first kappa shape index (κ1) is 19.3. The van der Waals surface area contributed by atoms with Gasteiger partial charge in [-0.2, -0.15) is 0 Å². The fourth-order valence-electron chi connectivity index (χ4n) is 1.52. The Labute approximate surface area is 122 Å². The molecule has 0 rings (SSSR count). The van der Waals surface area contributed by atoms with Gasteiger partial charge in [-0.05, 0) is 12.3 Å². The second kappa shape index (κ2) is 9.27. The highest BCUT2D eigenvalue weighted by Crippen LogP contribution is 2.05. The summed E-state index contributed by atoms with van der Waals surface area (Å²) in [5, 5.41) is 31.2. The van der Waals surface area contributed by atoms with Crippen LogP contribution in [0.4, 0.5) is 0 Å². The number of hydrogen-bond donors (Lipinski definition) is 6. The smallest absolute Gasteiger partial charge is 0.326 e.